The van der Waals surface area contributed by atoms with Crippen LogP contribution < -0.4 is 0 Å². The molecule has 0 rings (SSSR count). The van der Waals surface area contributed by atoms with Gasteiger partial charge in [0, 0.05) is 23.0 Å². The number of ether oxygens (including phenoxy) is 2. The highest BCUT2D eigenvalue weighted by Crippen LogP contribution is 2.20. The van der Waals surface area contributed by atoms with Crippen LogP contribution in [0, 0.1) is 0 Å². The average molecular weight is 307 g/mol. The van der Waals surface area contributed by atoms with E-state index >= 15 is 0 Å². The third-order valence-electron chi connectivity index (χ3n) is 2.58. The third kappa shape index (κ3) is 10.0. The monoisotopic (exact) mass is 307 g/mol. The Morgan fingerprint density at radius 1 is 1.40 bits per heavy atom. The van der Waals surface area contributed by atoms with E-state index in [-0.39, 0.29) is 12.7 Å². The Hall–Kier alpha value is -0.810. The molecule has 0 aliphatic carbocycles. The summed E-state index contributed by atoms with van der Waals surface area (Å²) in [6.45, 7) is 11.2. The van der Waals surface area contributed by atoms with Gasteiger partial charge in [-0.2, -0.15) is 0 Å². The van der Waals surface area contributed by atoms with Crippen LogP contribution in [0.25, 0.3) is 0 Å². The normalized spacial score (nSPS) is 13.8. The van der Waals surface area contributed by atoms with Gasteiger partial charge >= 0.3 is 14.2 Å². The lowest BCUT2D eigenvalue weighted by Gasteiger charge is -2.25. The predicted octanol–water partition coefficient (Wildman–Crippen LogP) is 2.74. The maximum absolute atomic E-state index is 11.3. The Bertz CT molecular complexity index is 353. The first kappa shape index (κ1) is 19.2. The highest BCUT2D eigenvalue weighted by molar-refractivity contribution is 7.32. The molecular formula is C13H24O6P+. The van der Waals surface area contributed by atoms with Crippen LogP contribution in [0.2, 0.25) is 0 Å². The quantitative estimate of drug-likeness (QED) is 0.379. The summed E-state index contributed by atoms with van der Waals surface area (Å²) >= 11 is 0. The number of carbonyl (C=O) groups excluding carboxylic acids is 1. The largest absolute Gasteiger partial charge is 0.694 e. The van der Waals surface area contributed by atoms with Crippen LogP contribution in [0.5, 0.6) is 0 Å². The minimum atomic E-state index is -2.56. The first-order valence-corrected chi connectivity index (χ1v) is 7.56. The molecule has 2 atom stereocenters. The smallest absolute Gasteiger partial charge is 0.459 e. The molecule has 0 bridgehead atoms. The van der Waals surface area contributed by atoms with Gasteiger partial charge < -0.3 is 9.47 Å². The molecule has 1 N–H and O–H groups in total. The molecule has 0 aliphatic rings. The lowest BCUT2D eigenvalue weighted by atomic mass is 10.1. The number of hydrogen-bond acceptors (Lipinski definition) is 5. The van der Waals surface area contributed by atoms with Crippen LogP contribution in [-0.4, -0.2) is 35.8 Å². The van der Waals surface area contributed by atoms with Crippen molar-refractivity contribution in [2.45, 2.75) is 52.2 Å². The molecule has 116 valence electrons. The minimum absolute atomic E-state index is 0.152. The van der Waals surface area contributed by atoms with Crippen molar-refractivity contribution in [2.75, 3.05) is 13.2 Å². The van der Waals surface area contributed by atoms with Crippen molar-refractivity contribution in [3.05, 3.63) is 12.2 Å². The number of hydrogen-bond donors (Lipinski definition) is 1. The fourth-order valence-electron chi connectivity index (χ4n) is 1.29. The Morgan fingerprint density at radius 3 is 2.50 bits per heavy atom. The standard InChI is InChI=1S/C13H23O6P/c1-10(2)12(14)19-11(3)6-8-17-13(4,5)7-9-18-20(15)16/h11H,1,6-9H2,2-5H3/p+1. The molecule has 2 unspecified atom stereocenters. The molecule has 0 aromatic rings. The van der Waals surface area contributed by atoms with Crippen LogP contribution in [0.15, 0.2) is 12.2 Å². The van der Waals surface area contributed by atoms with E-state index in [1.54, 1.807) is 13.8 Å². The third-order valence-corrected chi connectivity index (χ3v) is 2.98. The van der Waals surface area contributed by atoms with E-state index in [4.69, 9.17) is 14.4 Å². The Kier molecular flexibility index (Phi) is 8.81. The molecule has 0 aromatic carbocycles. The molecule has 0 spiro atoms. The molecule has 0 aliphatic heterocycles. The summed E-state index contributed by atoms with van der Waals surface area (Å²) in [5.41, 5.74) is -0.1000. The van der Waals surface area contributed by atoms with E-state index in [0.29, 0.717) is 25.0 Å². The molecule has 0 amide bonds. The Balaban J connectivity index is 3.88. The maximum atomic E-state index is 11.3. The molecule has 7 heteroatoms. The number of esters is 1. The van der Waals surface area contributed by atoms with Gasteiger partial charge in [-0.05, 0) is 27.7 Å². The van der Waals surface area contributed by atoms with Crippen molar-refractivity contribution < 1.29 is 28.3 Å². The van der Waals surface area contributed by atoms with Gasteiger partial charge in [0.15, 0.2) is 0 Å². The molecule has 0 saturated carbocycles. The van der Waals surface area contributed by atoms with E-state index in [1.165, 1.54) is 0 Å². The van der Waals surface area contributed by atoms with Crippen molar-refractivity contribution in [1.29, 1.82) is 0 Å². The minimum Gasteiger partial charge on any atom is -0.459 e. The maximum Gasteiger partial charge on any atom is 0.694 e. The first-order valence-electron chi connectivity index (χ1n) is 6.43. The van der Waals surface area contributed by atoms with E-state index in [2.05, 4.69) is 11.1 Å². The molecule has 0 heterocycles. The van der Waals surface area contributed by atoms with Crippen LogP contribution in [0.1, 0.15) is 40.5 Å². The van der Waals surface area contributed by atoms with Crippen molar-refractivity contribution >= 4 is 14.2 Å². The second kappa shape index (κ2) is 9.19. The van der Waals surface area contributed by atoms with E-state index in [0.717, 1.165) is 0 Å². The lowest BCUT2D eigenvalue weighted by molar-refractivity contribution is -0.144. The van der Waals surface area contributed by atoms with E-state index in [1.807, 2.05) is 13.8 Å². The van der Waals surface area contributed by atoms with E-state index < -0.39 is 19.8 Å². The highest BCUT2D eigenvalue weighted by Gasteiger charge is 2.22. The number of carbonyl (C=O) groups is 1. The molecular weight excluding hydrogens is 283 g/mol. The summed E-state index contributed by atoms with van der Waals surface area (Å²) in [5, 5.41) is 0. The summed E-state index contributed by atoms with van der Waals surface area (Å²) in [7, 11) is -2.56. The zero-order valence-electron chi connectivity index (χ0n) is 12.5. The van der Waals surface area contributed by atoms with Gasteiger partial charge in [-0.3, -0.25) is 0 Å². The highest BCUT2D eigenvalue weighted by atomic mass is 31.1. The zero-order valence-corrected chi connectivity index (χ0v) is 13.4. The van der Waals surface area contributed by atoms with Gasteiger partial charge in [-0.15, -0.1) is 9.42 Å². The SMILES string of the molecule is C=C(C)C(=O)OC(C)CCOC(C)(C)CCO[P+](=O)O. The molecule has 0 aromatic heterocycles. The van der Waals surface area contributed by atoms with Crippen molar-refractivity contribution in [2.24, 2.45) is 0 Å². The summed E-state index contributed by atoms with van der Waals surface area (Å²) in [6.07, 6.45) is 0.810. The van der Waals surface area contributed by atoms with Gasteiger partial charge in [-0.1, -0.05) is 6.58 Å². The van der Waals surface area contributed by atoms with Crippen molar-refractivity contribution in [3.63, 3.8) is 0 Å². The predicted molar refractivity (Wildman–Crippen MR) is 75.4 cm³/mol. The summed E-state index contributed by atoms with van der Waals surface area (Å²) in [4.78, 5) is 19.8. The van der Waals surface area contributed by atoms with Gasteiger partial charge in [0.25, 0.3) is 0 Å². The van der Waals surface area contributed by atoms with Gasteiger partial charge in [-0.25, -0.2) is 4.79 Å². The van der Waals surface area contributed by atoms with Crippen LogP contribution in [0.4, 0.5) is 0 Å². The van der Waals surface area contributed by atoms with E-state index in [9.17, 15) is 9.36 Å². The molecule has 0 radical (unpaired) electrons. The fraction of sp³-hybridized carbons (Fsp3) is 0.769. The second-order valence-electron chi connectivity index (χ2n) is 5.21. The van der Waals surface area contributed by atoms with Gasteiger partial charge in [0.1, 0.15) is 12.7 Å². The van der Waals surface area contributed by atoms with Crippen molar-refractivity contribution in [3.8, 4) is 0 Å². The van der Waals surface area contributed by atoms with Crippen molar-refractivity contribution in [1.82, 2.24) is 0 Å². The van der Waals surface area contributed by atoms with Gasteiger partial charge in [0.05, 0.1) is 12.2 Å². The summed E-state index contributed by atoms with van der Waals surface area (Å²) in [5.74, 6) is -0.406. The fourth-order valence-corrected chi connectivity index (χ4v) is 1.53. The summed E-state index contributed by atoms with van der Waals surface area (Å²) < 4.78 is 25.7. The van der Waals surface area contributed by atoms with Gasteiger partial charge in [0.2, 0.25) is 0 Å². The second-order valence-corrected chi connectivity index (χ2v) is 5.95. The molecule has 0 saturated heterocycles. The van der Waals surface area contributed by atoms with Crippen LogP contribution >= 0.6 is 8.25 Å². The topological polar surface area (TPSA) is 82.1 Å². The average Bonchev–Trinajstić information content (AvgIpc) is 2.27. The molecule has 20 heavy (non-hydrogen) atoms. The Labute approximate surface area is 121 Å². The summed E-state index contributed by atoms with van der Waals surface area (Å²) in [6, 6.07) is 0. The molecule has 6 nitrogen and oxygen atoms in total. The van der Waals surface area contributed by atoms with Crippen LogP contribution in [-0.2, 0) is 23.4 Å². The van der Waals surface area contributed by atoms with Crippen LogP contribution in [0.3, 0.4) is 0 Å². The lowest BCUT2D eigenvalue weighted by Crippen LogP contribution is -2.28. The first-order chi connectivity index (χ1) is 9.14. The number of rotatable bonds is 10. The molecule has 0 fully saturated rings. The Morgan fingerprint density at radius 2 is 2.00 bits per heavy atom. The zero-order chi connectivity index (χ0) is 15.8.